The molecule has 0 aliphatic heterocycles. The van der Waals surface area contributed by atoms with Crippen LogP contribution < -0.4 is 11.1 Å². The van der Waals surface area contributed by atoms with E-state index >= 15 is 0 Å². The van der Waals surface area contributed by atoms with Crippen molar-refractivity contribution in [2.45, 2.75) is 19.4 Å². The number of hydrogen-bond donors (Lipinski definition) is 2. The standard InChI is InChI=1S/C9H15N3/c1-8(2-5-10)12-9-3-6-11-7-4-9/h3-4,6-8H,2,5,10H2,1H3,(H,11,12). The first kappa shape index (κ1) is 9.00. The summed E-state index contributed by atoms with van der Waals surface area (Å²) in [7, 11) is 0. The van der Waals surface area contributed by atoms with Gasteiger partial charge in [-0.2, -0.15) is 0 Å². The molecule has 0 fully saturated rings. The van der Waals surface area contributed by atoms with Crippen molar-refractivity contribution in [2.24, 2.45) is 5.73 Å². The predicted molar refractivity (Wildman–Crippen MR) is 51.0 cm³/mol. The lowest BCUT2D eigenvalue weighted by atomic mass is 10.2. The summed E-state index contributed by atoms with van der Waals surface area (Å²) in [5, 5.41) is 3.32. The molecule has 12 heavy (non-hydrogen) atoms. The van der Waals surface area contributed by atoms with Crippen LogP contribution in [0.4, 0.5) is 5.69 Å². The fraction of sp³-hybridized carbons (Fsp3) is 0.444. The summed E-state index contributed by atoms with van der Waals surface area (Å²) in [6.07, 6.45) is 4.54. The zero-order valence-electron chi connectivity index (χ0n) is 7.33. The number of pyridine rings is 1. The Morgan fingerprint density at radius 2 is 2.17 bits per heavy atom. The van der Waals surface area contributed by atoms with E-state index in [4.69, 9.17) is 5.73 Å². The van der Waals surface area contributed by atoms with E-state index in [1.165, 1.54) is 0 Å². The third-order valence-corrected chi connectivity index (χ3v) is 1.69. The molecule has 0 amide bonds. The molecular weight excluding hydrogens is 150 g/mol. The molecule has 0 bridgehead atoms. The first-order valence-corrected chi connectivity index (χ1v) is 4.19. The quantitative estimate of drug-likeness (QED) is 0.705. The molecule has 0 spiro atoms. The van der Waals surface area contributed by atoms with Crippen molar-refractivity contribution in [3.63, 3.8) is 0 Å². The zero-order chi connectivity index (χ0) is 8.81. The number of hydrogen-bond acceptors (Lipinski definition) is 3. The van der Waals surface area contributed by atoms with Crippen molar-refractivity contribution >= 4 is 5.69 Å². The van der Waals surface area contributed by atoms with Crippen molar-refractivity contribution in [1.29, 1.82) is 0 Å². The molecule has 1 aromatic heterocycles. The summed E-state index contributed by atoms with van der Waals surface area (Å²) < 4.78 is 0. The van der Waals surface area contributed by atoms with Gasteiger partial charge in [0.15, 0.2) is 0 Å². The zero-order valence-corrected chi connectivity index (χ0v) is 7.33. The molecule has 0 aliphatic rings. The molecule has 0 saturated carbocycles. The van der Waals surface area contributed by atoms with Crippen LogP contribution in [0.5, 0.6) is 0 Å². The highest BCUT2D eigenvalue weighted by Crippen LogP contribution is 2.06. The molecule has 0 radical (unpaired) electrons. The fourth-order valence-corrected chi connectivity index (χ4v) is 1.05. The molecule has 0 aromatic carbocycles. The second kappa shape index (κ2) is 4.72. The van der Waals surface area contributed by atoms with Gasteiger partial charge in [-0.05, 0) is 32.0 Å². The van der Waals surface area contributed by atoms with Crippen LogP contribution >= 0.6 is 0 Å². The molecule has 1 heterocycles. The van der Waals surface area contributed by atoms with Crippen molar-refractivity contribution < 1.29 is 0 Å². The molecule has 3 nitrogen and oxygen atoms in total. The Bertz CT molecular complexity index is 210. The van der Waals surface area contributed by atoms with E-state index in [1.807, 2.05) is 12.1 Å². The monoisotopic (exact) mass is 165 g/mol. The van der Waals surface area contributed by atoms with Crippen molar-refractivity contribution in [3.05, 3.63) is 24.5 Å². The maximum absolute atomic E-state index is 5.43. The lowest BCUT2D eigenvalue weighted by Crippen LogP contribution is -2.19. The van der Waals surface area contributed by atoms with Gasteiger partial charge < -0.3 is 11.1 Å². The third kappa shape index (κ3) is 2.88. The van der Waals surface area contributed by atoms with E-state index in [9.17, 15) is 0 Å². The second-order valence-electron chi connectivity index (χ2n) is 2.86. The molecule has 1 aromatic rings. The van der Waals surface area contributed by atoms with Crippen LogP contribution in [0.3, 0.4) is 0 Å². The van der Waals surface area contributed by atoms with Gasteiger partial charge in [0.05, 0.1) is 0 Å². The van der Waals surface area contributed by atoms with Crippen molar-refractivity contribution in [2.75, 3.05) is 11.9 Å². The topological polar surface area (TPSA) is 50.9 Å². The molecule has 3 heteroatoms. The van der Waals surface area contributed by atoms with Crippen molar-refractivity contribution in [1.82, 2.24) is 4.98 Å². The van der Waals surface area contributed by atoms with Crippen LogP contribution in [0.15, 0.2) is 24.5 Å². The average molecular weight is 165 g/mol. The first-order chi connectivity index (χ1) is 5.83. The SMILES string of the molecule is CC(CCN)Nc1ccncc1. The Labute approximate surface area is 73.0 Å². The molecule has 3 N–H and O–H groups in total. The number of nitrogens with one attached hydrogen (secondary N) is 1. The average Bonchev–Trinajstić information content (AvgIpc) is 2.06. The minimum absolute atomic E-state index is 0.428. The van der Waals surface area contributed by atoms with Crippen LogP contribution in [0.1, 0.15) is 13.3 Å². The van der Waals surface area contributed by atoms with Gasteiger partial charge in [0, 0.05) is 24.1 Å². The van der Waals surface area contributed by atoms with Gasteiger partial charge in [-0.25, -0.2) is 0 Å². The van der Waals surface area contributed by atoms with E-state index in [2.05, 4.69) is 17.2 Å². The van der Waals surface area contributed by atoms with Crippen LogP contribution in [0.25, 0.3) is 0 Å². The number of anilines is 1. The molecule has 66 valence electrons. The van der Waals surface area contributed by atoms with Crippen LogP contribution in [-0.4, -0.2) is 17.6 Å². The number of rotatable bonds is 4. The van der Waals surface area contributed by atoms with E-state index in [-0.39, 0.29) is 0 Å². The van der Waals surface area contributed by atoms with Gasteiger partial charge in [0.1, 0.15) is 0 Å². The van der Waals surface area contributed by atoms with Gasteiger partial charge in [0.2, 0.25) is 0 Å². The first-order valence-electron chi connectivity index (χ1n) is 4.19. The fourth-order valence-electron chi connectivity index (χ4n) is 1.05. The van der Waals surface area contributed by atoms with Crippen LogP contribution in [0, 0.1) is 0 Å². The third-order valence-electron chi connectivity index (χ3n) is 1.69. The Morgan fingerprint density at radius 3 is 2.75 bits per heavy atom. The molecule has 0 aliphatic carbocycles. The molecule has 1 rings (SSSR count). The maximum Gasteiger partial charge on any atom is 0.0373 e. The van der Waals surface area contributed by atoms with Gasteiger partial charge >= 0.3 is 0 Å². The van der Waals surface area contributed by atoms with E-state index in [0.717, 1.165) is 18.7 Å². The lowest BCUT2D eigenvalue weighted by Gasteiger charge is -2.13. The van der Waals surface area contributed by atoms with Gasteiger partial charge in [0.25, 0.3) is 0 Å². The summed E-state index contributed by atoms with van der Waals surface area (Å²) in [6.45, 7) is 2.84. The van der Waals surface area contributed by atoms with Gasteiger partial charge in [-0.3, -0.25) is 4.98 Å². The highest BCUT2D eigenvalue weighted by molar-refractivity contribution is 5.41. The molecular formula is C9H15N3. The predicted octanol–water partition coefficient (Wildman–Crippen LogP) is 1.23. The second-order valence-corrected chi connectivity index (χ2v) is 2.86. The highest BCUT2D eigenvalue weighted by atomic mass is 14.9. The van der Waals surface area contributed by atoms with Crippen LogP contribution in [0.2, 0.25) is 0 Å². The highest BCUT2D eigenvalue weighted by Gasteiger charge is 1.98. The Kier molecular flexibility index (Phi) is 3.54. The minimum atomic E-state index is 0.428. The molecule has 1 unspecified atom stereocenters. The maximum atomic E-state index is 5.43. The molecule has 0 saturated heterocycles. The van der Waals surface area contributed by atoms with E-state index < -0.39 is 0 Å². The smallest absolute Gasteiger partial charge is 0.0373 e. The minimum Gasteiger partial charge on any atom is -0.382 e. The normalized spacial score (nSPS) is 12.5. The summed E-state index contributed by atoms with van der Waals surface area (Å²) in [5.74, 6) is 0. The van der Waals surface area contributed by atoms with Gasteiger partial charge in [-0.15, -0.1) is 0 Å². The van der Waals surface area contributed by atoms with Gasteiger partial charge in [-0.1, -0.05) is 0 Å². The summed E-state index contributed by atoms with van der Waals surface area (Å²) in [5.41, 5.74) is 6.53. The number of aromatic nitrogens is 1. The largest absolute Gasteiger partial charge is 0.382 e. The summed E-state index contributed by atoms with van der Waals surface area (Å²) >= 11 is 0. The number of nitrogens with two attached hydrogens (primary N) is 1. The van der Waals surface area contributed by atoms with Crippen LogP contribution in [-0.2, 0) is 0 Å². The Balaban J connectivity index is 2.41. The van der Waals surface area contributed by atoms with Crippen molar-refractivity contribution in [3.8, 4) is 0 Å². The summed E-state index contributed by atoms with van der Waals surface area (Å²) in [4.78, 5) is 3.93. The Hall–Kier alpha value is -1.09. The van der Waals surface area contributed by atoms with E-state index in [1.54, 1.807) is 12.4 Å². The number of nitrogens with zero attached hydrogens (tertiary/aromatic N) is 1. The Morgan fingerprint density at radius 1 is 1.50 bits per heavy atom. The molecule has 1 atom stereocenters. The lowest BCUT2D eigenvalue weighted by molar-refractivity contribution is 0.717. The van der Waals surface area contributed by atoms with E-state index in [0.29, 0.717) is 6.04 Å². The summed E-state index contributed by atoms with van der Waals surface area (Å²) in [6, 6.07) is 4.33.